The molecule has 94 valence electrons. The molecule has 1 nitrogen and oxygen atoms in total. The molecular formula is C16H18OS. The van der Waals surface area contributed by atoms with Crippen LogP contribution in [0.15, 0.2) is 29.2 Å². The van der Waals surface area contributed by atoms with Gasteiger partial charge < -0.3 is 0 Å². The van der Waals surface area contributed by atoms with Crippen LogP contribution in [0.2, 0.25) is 0 Å². The van der Waals surface area contributed by atoms with E-state index < -0.39 is 0 Å². The van der Waals surface area contributed by atoms with Gasteiger partial charge >= 0.3 is 0 Å². The van der Waals surface area contributed by atoms with Crippen molar-refractivity contribution in [1.82, 2.24) is 0 Å². The van der Waals surface area contributed by atoms with Gasteiger partial charge in [0.1, 0.15) is 5.78 Å². The van der Waals surface area contributed by atoms with E-state index >= 15 is 0 Å². The summed E-state index contributed by atoms with van der Waals surface area (Å²) in [7, 11) is 0. The van der Waals surface area contributed by atoms with E-state index in [1.807, 2.05) is 11.8 Å². The Balaban J connectivity index is 2.01. The second-order valence-electron chi connectivity index (χ2n) is 6.13. The highest BCUT2D eigenvalue weighted by Gasteiger charge is 2.68. The number of rotatable bonds is 0. The molecule has 2 aliphatic carbocycles. The van der Waals surface area contributed by atoms with Crippen LogP contribution in [-0.4, -0.2) is 10.5 Å². The predicted octanol–water partition coefficient (Wildman–Crippen LogP) is 3.95. The van der Waals surface area contributed by atoms with Gasteiger partial charge in [-0.15, -0.1) is 11.8 Å². The molecule has 0 N–H and O–H groups in total. The lowest BCUT2D eigenvalue weighted by Crippen LogP contribution is -2.53. The average molecular weight is 258 g/mol. The highest BCUT2D eigenvalue weighted by molar-refractivity contribution is 8.02. The summed E-state index contributed by atoms with van der Waals surface area (Å²) in [5, 5.41) is 0. The first-order valence-corrected chi connectivity index (χ1v) is 7.84. The first-order chi connectivity index (χ1) is 8.71. The number of thioether (sulfide) groups is 1. The fraction of sp³-hybridized carbons (Fsp3) is 0.562. The Morgan fingerprint density at radius 3 is 3.00 bits per heavy atom. The smallest absolute Gasteiger partial charge is 0.150 e. The molecule has 3 atom stereocenters. The quantitative estimate of drug-likeness (QED) is 0.701. The highest BCUT2D eigenvalue weighted by atomic mass is 32.2. The Kier molecular flexibility index (Phi) is 2.10. The molecule has 0 saturated heterocycles. The third-order valence-electron chi connectivity index (χ3n) is 5.50. The van der Waals surface area contributed by atoms with E-state index in [1.165, 1.54) is 29.7 Å². The van der Waals surface area contributed by atoms with E-state index in [-0.39, 0.29) is 10.2 Å². The van der Waals surface area contributed by atoms with Crippen molar-refractivity contribution in [3.63, 3.8) is 0 Å². The summed E-state index contributed by atoms with van der Waals surface area (Å²) in [5.41, 5.74) is 1.65. The van der Waals surface area contributed by atoms with E-state index in [2.05, 4.69) is 31.2 Å². The second-order valence-corrected chi connectivity index (χ2v) is 7.42. The van der Waals surface area contributed by atoms with Crippen LogP contribution in [-0.2, 0) is 10.2 Å². The Morgan fingerprint density at radius 1 is 1.28 bits per heavy atom. The molecule has 0 spiro atoms. The summed E-state index contributed by atoms with van der Waals surface area (Å²) >= 11 is 1.90. The van der Waals surface area contributed by atoms with Gasteiger partial charge in [0.25, 0.3) is 0 Å². The van der Waals surface area contributed by atoms with Gasteiger partial charge in [-0.1, -0.05) is 25.1 Å². The van der Waals surface area contributed by atoms with Crippen molar-refractivity contribution in [2.75, 3.05) is 0 Å². The summed E-state index contributed by atoms with van der Waals surface area (Å²) in [6.07, 6.45) is 5.53. The van der Waals surface area contributed by atoms with E-state index in [1.54, 1.807) is 0 Å². The molecule has 0 bridgehead atoms. The number of fused-ring (bicyclic) bond motifs is 1. The number of hydrogen-bond donors (Lipinski definition) is 0. The molecule has 1 heterocycles. The van der Waals surface area contributed by atoms with Gasteiger partial charge in [0.2, 0.25) is 0 Å². The molecule has 3 aliphatic rings. The van der Waals surface area contributed by atoms with Gasteiger partial charge in [-0.2, -0.15) is 0 Å². The highest BCUT2D eigenvalue weighted by Crippen LogP contribution is 2.70. The van der Waals surface area contributed by atoms with Gasteiger partial charge in [0, 0.05) is 16.7 Å². The van der Waals surface area contributed by atoms with Crippen molar-refractivity contribution < 1.29 is 4.79 Å². The number of Topliss-reactive ketones (excluding diaryl/α,β-unsaturated/α-hetero) is 1. The van der Waals surface area contributed by atoms with Crippen LogP contribution in [0.4, 0.5) is 0 Å². The van der Waals surface area contributed by atoms with Crippen LogP contribution >= 0.6 is 11.8 Å². The van der Waals surface area contributed by atoms with Gasteiger partial charge in [0.05, 0.1) is 4.75 Å². The fourth-order valence-corrected chi connectivity index (χ4v) is 6.67. The molecule has 0 amide bonds. The van der Waals surface area contributed by atoms with Crippen molar-refractivity contribution in [1.29, 1.82) is 0 Å². The molecule has 1 aromatic carbocycles. The van der Waals surface area contributed by atoms with Crippen molar-refractivity contribution in [2.24, 2.45) is 5.92 Å². The summed E-state index contributed by atoms with van der Waals surface area (Å²) < 4.78 is -0.116. The number of carbonyl (C=O) groups excluding carboxylic acids is 1. The monoisotopic (exact) mass is 258 g/mol. The summed E-state index contributed by atoms with van der Waals surface area (Å²) in [6, 6.07) is 8.75. The lowest BCUT2D eigenvalue weighted by Gasteiger charge is -2.45. The zero-order chi connectivity index (χ0) is 12.4. The summed E-state index contributed by atoms with van der Waals surface area (Å²) in [4.78, 5) is 14.1. The zero-order valence-corrected chi connectivity index (χ0v) is 11.6. The molecule has 4 rings (SSSR count). The fourth-order valence-electron chi connectivity index (χ4n) is 4.76. The first-order valence-electron chi connectivity index (χ1n) is 7.02. The van der Waals surface area contributed by atoms with Crippen LogP contribution in [0.3, 0.4) is 0 Å². The Hall–Kier alpha value is -0.760. The Bertz CT molecular complexity index is 534. The van der Waals surface area contributed by atoms with Crippen LogP contribution in [0, 0.1) is 5.92 Å². The molecule has 2 heteroatoms. The number of benzene rings is 1. The number of ketones is 1. The molecule has 1 aliphatic heterocycles. The van der Waals surface area contributed by atoms with Crippen molar-refractivity contribution in [3.8, 4) is 0 Å². The molecule has 0 radical (unpaired) electrons. The lowest BCUT2D eigenvalue weighted by atomic mass is 9.62. The van der Waals surface area contributed by atoms with Gasteiger partial charge in [-0.3, -0.25) is 4.79 Å². The standard InChI is InChI=1S/C16H18OS/c1-11-8-10-15-9-4-7-14(17)16(11,15)18-13-6-3-2-5-12(13)15/h2-3,5-6,11H,4,7-10H2,1H3/t11-,15+,16-/m1/s1. The first kappa shape index (κ1) is 11.1. The largest absolute Gasteiger partial charge is 0.298 e. The molecule has 0 unspecified atom stereocenters. The van der Waals surface area contributed by atoms with E-state index in [0.717, 1.165) is 12.8 Å². The molecular weight excluding hydrogens is 240 g/mol. The second kappa shape index (κ2) is 3.41. The van der Waals surface area contributed by atoms with Crippen molar-refractivity contribution in [3.05, 3.63) is 29.8 Å². The zero-order valence-electron chi connectivity index (χ0n) is 10.7. The van der Waals surface area contributed by atoms with E-state index in [0.29, 0.717) is 11.7 Å². The number of hydrogen-bond acceptors (Lipinski definition) is 2. The van der Waals surface area contributed by atoms with Crippen molar-refractivity contribution >= 4 is 17.5 Å². The van der Waals surface area contributed by atoms with Gasteiger partial charge in [0.15, 0.2) is 0 Å². The predicted molar refractivity (Wildman–Crippen MR) is 74.0 cm³/mol. The maximum absolute atomic E-state index is 12.7. The van der Waals surface area contributed by atoms with Gasteiger partial charge in [-0.25, -0.2) is 0 Å². The van der Waals surface area contributed by atoms with Crippen LogP contribution in [0.1, 0.15) is 44.6 Å². The molecule has 2 saturated carbocycles. The average Bonchev–Trinajstić information content (AvgIpc) is 2.84. The van der Waals surface area contributed by atoms with Crippen LogP contribution in [0.5, 0.6) is 0 Å². The molecule has 18 heavy (non-hydrogen) atoms. The maximum atomic E-state index is 12.7. The van der Waals surface area contributed by atoms with Crippen LogP contribution in [0.25, 0.3) is 0 Å². The Labute approximate surface area is 112 Å². The third kappa shape index (κ3) is 1.01. The maximum Gasteiger partial charge on any atom is 0.150 e. The van der Waals surface area contributed by atoms with Gasteiger partial charge in [-0.05, 0) is 43.2 Å². The molecule has 2 fully saturated rings. The van der Waals surface area contributed by atoms with E-state index in [9.17, 15) is 4.79 Å². The van der Waals surface area contributed by atoms with Crippen molar-refractivity contribution in [2.45, 2.75) is 54.1 Å². The topological polar surface area (TPSA) is 17.1 Å². The SMILES string of the molecule is C[C@@H]1CC[C@]23CCCC(=O)[C@]12Sc1ccccc13. The minimum absolute atomic E-state index is 0.116. The number of carbonyl (C=O) groups is 1. The summed E-state index contributed by atoms with van der Waals surface area (Å²) in [6.45, 7) is 2.30. The minimum atomic E-state index is -0.116. The Morgan fingerprint density at radius 2 is 2.11 bits per heavy atom. The molecule has 0 aromatic heterocycles. The molecule has 1 aromatic rings. The van der Waals surface area contributed by atoms with E-state index in [4.69, 9.17) is 0 Å². The summed E-state index contributed by atoms with van der Waals surface area (Å²) in [5.74, 6) is 1.06. The lowest BCUT2D eigenvalue weighted by molar-refractivity contribution is -0.125. The normalized spacial score (nSPS) is 41.4. The minimum Gasteiger partial charge on any atom is -0.298 e. The van der Waals surface area contributed by atoms with Crippen LogP contribution < -0.4 is 0 Å². The third-order valence-corrected chi connectivity index (χ3v) is 7.42.